The number of carbonyl (C=O) groups is 2. The Hall–Kier alpha value is -0.360. The van der Waals surface area contributed by atoms with E-state index in [0.29, 0.717) is 6.42 Å². The van der Waals surface area contributed by atoms with Crippen molar-refractivity contribution in [1.82, 2.24) is 0 Å². The van der Waals surface area contributed by atoms with Crippen LogP contribution in [0.25, 0.3) is 0 Å². The predicted molar refractivity (Wildman–Crippen MR) is 81.7 cm³/mol. The summed E-state index contributed by atoms with van der Waals surface area (Å²) in [5.41, 5.74) is 0. The number of ether oxygens (including phenoxy) is 2. The quantitative estimate of drug-likeness (QED) is 0.267. The zero-order chi connectivity index (χ0) is 14.5. The first kappa shape index (κ1) is 18.6. The monoisotopic (exact) mass is 308 g/mol. The maximum absolute atomic E-state index is 11.2. The Morgan fingerprint density at radius 1 is 0.895 bits per heavy atom. The molecule has 112 valence electrons. The summed E-state index contributed by atoms with van der Waals surface area (Å²) in [4.78, 5) is 22.3. The molecule has 0 aromatic carbocycles. The largest absolute Gasteiger partial charge is 0.425 e. The van der Waals surface area contributed by atoms with Gasteiger partial charge in [-0.3, -0.25) is 9.59 Å². The number of esters is 2. The molecule has 0 aliphatic heterocycles. The highest BCUT2D eigenvalue weighted by Gasteiger charge is 2.17. The van der Waals surface area contributed by atoms with Gasteiger partial charge in [0.15, 0.2) is 0 Å². The van der Waals surface area contributed by atoms with E-state index in [1.807, 2.05) is 0 Å². The molecule has 0 rings (SSSR count). The Morgan fingerprint density at radius 3 is 1.84 bits per heavy atom. The molecule has 0 N–H and O–H groups in total. The molecule has 0 atom stereocenters. The standard InChI is InChI=1S/C13H24O4S2/c1-2-3-4-5-6-7-8-13(16-11(14)9-18)17-12(15)10-19/h13,18-19H,2-10H2,1H3. The van der Waals surface area contributed by atoms with E-state index >= 15 is 0 Å². The van der Waals surface area contributed by atoms with E-state index in [2.05, 4.69) is 32.2 Å². The Labute approximate surface area is 126 Å². The molecule has 0 amide bonds. The van der Waals surface area contributed by atoms with Crippen molar-refractivity contribution in [3.05, 3.63) is 0 Å². The Morgan fingerprint density at radius 2 is 1.37 bits per heavy atom. The molecular formula is C13H24O4S2. The fourth-order valence-electron chi connectivity index (χ4n) is 1.60. The average molecular weight is 308 g/mol. The van der Waals surface area contributed by atoms with Crippen LogP contribution in [0.4, 0.5) is 0 Å². The molecule has 0 unspecified atom stereocenters. The first-order valence-corrected chi connectivity index (χ1v) is 8.01. The first-order valence-electron chi connectivity index (χ1n) is 6.74. The van der Waals surface area contributed by atoms with Crippen LogP contribution in [0.5, 0.6) is 0 Å². The van der Waals surface area contributed by atoms with Crippen molar-refractivity contribution in [1.29, 1.82) is 0 Å². The highest BCUT2D eigenvalue weighted by atomic mass is 32.1. The van der Waals surface area contributed by atoms with Gasteiger partial charge in [-0.1, -0.05) is 39.0 Å². The minimum absolute atomic E-state index is 0.0224. The number of thiol groups is 2. The molecule has 0 saturated carbocycles. The van der Waals surface area contributed by atoms with Crippen LogP contribution in [-0.2, 0) is 19.1 Å². The summed E-state index contributed by atoms with van der Waals surface area (Å²) in [7, 11) is 0. The summed E-state index contributed by atoms with van der Waals surface area (Å²) in [6, 6.07) is 0. The molecule has 0 bridgehead atoms. The summed E-state index contributed by atoms with van der Waals surface area (Å²) in [6.45, 7) is 2.17. The molecule has 0 saturated heterocycles. The minimum Gasteiger partial charge on any atom is -0.425 e. The van der Waals surface area contributed by atoms with Gasteiger partial charge in [0.25, 0.3) is 0 Å². The van der Waals surface area contributed by atoms with Gasteiger partial charge in [-0.15, -0.1) is 0 Å². The molecule has 0 spiro atoms. The molecule has 0 heterocycles. The van der Waals surface area contributed by atoms with Gasteiger partial charge in [-0.25, -0.2) is 0 Å². The maximum atomic E-state index is 11.2. The van der Waals surface area contributed by atoms with Crippen molar-refractivity contribution in [2.24, 2.45) is 0 Å². The van der Waals surface area contributed by atoms with Gasteiger partial charge in [-0.2, -0.15) is 25.3 Å². The molecule has 0 aliphatic rings. The van der Waals surface area contributed by atoms with Crippen molar-refractivity contribution in [2.75, 3.05) is 11.5 Å². The number of carbonyl (C=O) groups excluding carboxylic acids is 2. The molecule has 0 aromatic heterocycles. The Balaban J connectivity index is 3.90. The second-order valence-electron chi connectivity index (χ2n) is 4.28. The molecular weight excluding hydrogens is 284 g/mol. The van der Waals surface area contributed by atoms with Crippen LogP contribution < -0.4 is 0 Å². The number of hydrogen-bond donors (Lipinski definition) is 2. The second-order valence-corrected chi connectivity index (χ2v) is 4.91. The fraction of sp³-hybridized carbons (Fsp3) is 0.846. The molecule has 4 nitrogen and oxygen atoms in total. The smallest absolute Gasteiger partial charge is 0.318 e. The van der Waals surface area contributed by atoms with Crippen LogP contribution >= 0.6 is 25.3 Å². The van der Waals surface area contributed by atoms with Crippen LogP contribution in [0, 0.1) is 0 Å². The van der Waals surface area contributed by atoms with Crippen LogP contribution in [0.2, 0.25) is 0 Å². The fourth-order valence-corrected chi connectivity index (χ4v) is 1.75. The lowest BCUT2D eigenvalue weighted by Gasteiger charge is -2.17. The van der Waals surface area contributed by atoms with E-state index in [9.17, 15) is 9.59 Å². The lowest BCUT2D eigenvalue weighted by molar-refractivity contribution is -0.185. The average Bonchev–Trinajstić information content (AvgIpc) is 2.41. The molecule has 0 aliphatic carbocycles. The van der Waals surface area contributed by atoms with E-state index < -0.39 is 18.2 Å². The van der Waals surface area contributed by atoms with Crippen LogP contribution in [0.15, 0.2) is 0 Å². The van der Waals surface area contributed by atoms with Crippen LogP contribution in [-0.4, -0.2) is 29.7 Å². The lowest BCUT2D eigenvalue weighted by atomic mass is 10.1. The van der Waals surface area contributed by atoms with Gasteiger partial charge in [-0.05, 0) is 6.42 Å². The molecule has 0 radical (unpaired) electrons. The van der Waals surface area contributed by atoms with Crippen molar-refractivity contribution in [3.63, 3.8) is 0 Å². The lowest BCUT2D eigenvalue weighted by Crippen LogP contribution is -2.25. The molecule has 6 heteroatoms. The zero-order valence-corrected chi connectivity index (χ0v) is 13.3. The summed E-state index contributed by atoms with van der Waals surface area (Å²) in [6.07, 6.45) is 6.47. The highest BCUT2D eigenvalue weighted by Crippen LogP contribution is 2.12. The predicted octanol–water partition coefficient (Wildman–Crippen LogP) is 3.01. The third-order valence-electron chi connectivity index (χ3n) is 2.58. The SMILES string of the molecule is CCCCCCCCC(OC(=O)CS)OC(=O)CS. The summed E-state index contributed by atoms with van der Waals surface area (Å²) in [5.74, 6) is -1.01. The van der Waals surface area contributed by atoms with Gasteiger partial charge < -0.3 is 9.47 Å². The minimum atomic E-state index is -0.800. The highest BCUT2D eigenvalue weighted by molar-refractivity contribution is 7.81. The summed E-state index contributed by atoms with van der Waals surface area (Å²) in [5, 5.41) is 0. The van der Waals surface area contributed by atoms with Crippen LogP contribution in [0.3, 0.4) is 0 Å². The van der Waals surface area contributed by atoms with Gasteiger partial charge in [0, 0.05) is 6.42 Å². The zero-order valence-electron chi connectivity index (χ0n) is 11.5. The molecule has 19 heavy (non-hydrogen) atoms. The van der Waals surface area contributed by atoms with E-state index in [-0.39, 0.29) is 11.5 Å². The van der Waals surface area contributed by atoms with Gasteiger partial charge in [0.2, 0.25) is 6.29 Å². The topological polar surface area (TPSA) is 52.6 Å². The third kappa shape index (κ3) is 11.2. The number of rotatable bonds is 11. The molecule has 0 aromatic rings. The van der Waals surface area contributed by atoms with E-state index in [1.165, 1.54) is 19.3 Å². The van der Waals surface area contributed by atoms with E-state index in [4.69, 9.17) is 9.47 Å². The molecule has 0 fully saturated rings. The van der Waals surface area contributed by atoms with Crippen molar-refractivity contribution in [3.8, 4) is 0 Å². The first-order chi connectivity index (χ1) is 9.13. The Kier molecular flexibility index (Phi) is 12.4. The van der Waals surface area contributed by atoms with Crippen molar-refractivity contribution < 1.29 is 19.1 Å². The number of hydrogen-bond acceptors (Lipinski definition) is 6. The third-order valence-corrected chi connectivity index (χ3v) is 3.09. The van der Waals surface area contributed by atoms with E-state index in [0.717, 1.165) is 19.3 Å². The maximum Gasteiger partial charge on any atom is 0.318 e. The van der Waals surface area contributed by atoms with Gasteiger partial charge in [0.1, 0.15) is 0 Å². The van der Waals surface area contributed by atoms with Gasteiger partial charge in [0.05, 0.1) is 11.5 Å². The van der Waals surface area contributed by atoms with E-state index in [1.54, 1.807) is 0 Å². The Bertz CT molecular complexity index is 241. The van der Waals surface area contributed by atoms with Gasteiger partial charge >= 0.3 is 11.9 Å². The van der Waals surface area contributed by atoms with Crippen molar-refractivity contribution in [2.45, 2.75) is 58.2 Å². The summed E-state index contributed by atoms with van der Waals surface area (Å²) < 4.78 is 10.0. The summed E-state index contributed by atoms with van der Waals surface area (Å²) >= 11 is 7.64. The van der Waals surface area contributed by atoms with Crippen LogP contribution in [0.1, 0.15) is 51.9 Å². The van der Waals surface area contributed by atoms with Crippen molar-refractivity contribution >= 4 is 37.2 Å². The normalized spacial score (nSPS) is 10.5. The number of unbranched alkanes of at least 4 members (excludes halogenated alkanes) is 5. The second kappa shape index (κ2) is 12.7.